The first-order valence-corrected chi connectivity index (χ1v) is 3.07. The van der Waals surface area contributed by atoms with Crippen molar-refractivity contribution in [2.45, 2.75) is 18.8 Å². The van der Waals surface area contributed by atoms with Crippen molar-refractivity contribution in [2.24, 2.45) is 5.73 Å². The highest BCUT2D eigenvalue weighted by Gasteiger charge is 2.08. The fourth-order valence-corrected chi connectivity index (χ4v) is 0.400. The molecule has 0 rings (SSSR count). The van der Waals surface area contributed by atoms with Crippen LogP contribution in [-0.4, -0.2) is 18.1 Å². The Morgan fingerprint density at radius 3 is 2.25 bits per heavy atom. The number of thiol groups is 1. The highest BCUT2D eigenvalue weighted by atomic mass is 32.1. The lowest BCUT2D eigenvalue weighted by atomic mass is 10.5. The van der Waals surface area contributed by atoms with E-state index in [1.54, 1.807) is 0 Å². The Morgan fingerprint density at radius 1 is 1.62 bits per heavy atom. The van der Waals surface area contributed by atoms with E-state index in [0.717, 1.165) is 0 Å². The molecule has 0 atom stereocenters. The van der Waals surface area contributed by atoms with Gasteiger partial charge in [0.1, 0.15) is 4.93 Å². The van der Waals surface area contributed by atoms with E-state index in [1.807, 2.05) is 13.8 Å². The van der Waals surface area contributed by atoms with Crippen LogP contribution in [0, 0.1) is 0 Å². The number of ether oxygens (including phenoxy) is 1. The fourth-order valence-electron chi connectivity index (χ4n) is 0.309. The second-order valence-corrected chi connectivity index (χ2v) is 3.16. The van der Waals surface area contributed by atoms with Crippen LogP contribution in [0.1, 0.15) is 13.8 Å². The van der Waals surface area contributed by atoms with Crippen molar-refractivity contribution in [1.29, 1.82) is 0 Å². The van der Waals surface area contributed by atoms with Gasteiger partial charge in [0.2, 0.25) is 0 Å². The molecule has 0 saturated carbocycles. The Labute approximate surface area is 55.8 Å². The number of rotatable bonds is 3. The first-order chi connectivity index (χ1) is 3.56. The summed E-state index contributed by atoms with van der Waals surface area (Å²) in [6.45, 7) is 4.90. The van der Waals surface area contributed by atoms with Crippen LogP contribution in [0.2, 0.25) is 0 Å². The molecule has 0 aliphatic heterocycles. The predicted octanol–water partition coefficient (Wildman–Crippen LogP) is 0.628. The zero-order valence-corrected chi connectivity index (χ0v) is 6.24. The van der Waals surface area contributed by atoms with E-state index in [4.69, 9.17) is 10.5 Å². The normalized spacial score (nSPS) is 12.0. The van der Waals surface area contributed by atoms with Gasteiger partial charge >= 0.3 is 0 Å². The molecule has 0 aromatic rings. The van der Waals surface area contributed by atoms with Gasteiger partial charge in [0.15, 0.2) is 0 Å². The van der Waals surface area contributed by atoms with E-state index < -0.39 is 0 Å². The van der Waals surface area contributed by atoms with Crippen LogP contribution in [0.25, 0.3) is 0 Å². The zero-order chi connectivity index (χ0) is 6.62. The molecular weight excluding hydrogens is 122 g/mol. The minimum absolute atomic E-state index is 0.334. The molecule has 0 aromatic carbocycles. The first-order valence-electron chi connectivity index (χ1n) is 2.62. The SMILES string of the molecule is CC(C)(S)OCCN. The van der Waals surface area contributed by atoms with Crippen LogP contribution in [0.3, 0.4) is 0 Å². The summed E-state index contributed by atoms with van der Waals surface area (Å²) in [6.07, 6.45) is 0. The summed E-state index contributed by atoms with van der Waals surface area (Å²) in [5.41, 5.74) is 5.18. The lowest BCUT2D eigenvalue weighted by Crippen LogP contribution is -2.20. The summed E-state index contributed by atoms with van der Waals surface area (Å²) in [7, 11) is 0. The minimum Gasteiger partial charge on any atom is -0.364 e. The van der Waals surface area contributed by atoms with E-state index in [-0.39, 0.29) is 4.93 Å². The molecular formula is C5H13NOS. The van der Waals surface area contributed by atoms with E-state index in [2.05, 4.69) is 12.6 Å². The van der Waals surface area contributed by atoms with Crippen LogP contribution in [-0.2, 0) is 4.74 Å². The Kier molecular flexibility index (Phi) is 3.44. The van der Waals surface area contributed by atoms with Crippen molar-refractivity contribution in [2.75, 3.05) is 13.2 Å². The Morgan fingerprint density at radius 2 is 2.12 bits per heavy atom. The third kappa shape index (κ3) is 6.27. The van der Waals surface area contributed by atoms with Gasteiger partial charge in [-0.05, 0) is 13.8 Å². The zero-order valence-electron chi connectivity index (χ0n) is 5.35. The number of hydrogen-bond donors (Lipinski definition) is 2. The second kappa shape index (κ2) is 3.33. The molecule has 0 aliphatic rings. The maximum absolute atomic E-state index is 5.18. The maximum atomic E-state index is 5.18. The molecule has 0 aromatic heterocycles. The molecule has 0 radical (unpaired) electrons. The second-order valence-electron chi connectivity index (χ2n) is 2.08. The minimum atomic E-state index is -0.334. The molecule has 0 amide bonds. The molecule has 0 unspecified atom stereocenters. The predicted molar refractivity (Wildman–Crippen MR) is 38.1 cm³/mol. The molecule has 0 spiro atoms. The smallest absolute Gasteiger partial charge is 0.105 e. The van der Waals surface area contributed by atoms with Gasteiger partial charge in [-0.15, -0.1) is 12.6 Å². The van der Waals surface area contributed by atoms with Gasteiger partial charge in [-0.2, -0.15) is 0 Å². The highest BCUT2D eigenvalue weighted by Crippen LogP contribution is 2.11. The summed E-state index contributed by atoms with van der Waals surface area (Å²) in [6, 6.07) is 0. The van der Waals surface area contributed by atoms with Gasteiger partial charge in [0, 0.05) is 6.54 Å². The van der Waals surface area contributed by atoms with Crippen molar-refractivity contribution in [3.63, 3.8) is 0 Å². The number of hydrogen-bond acceptors (Lipinski definition) is 3. The molecule has 3 heteroatoms. The topological polar surface area (TPSA) is 35.2 Å². The van der Waals surface area contributed by atoms with Gasteiger partial charge in [-0.1, -0.05) is 0 Å². The third-order valence-electron chi connectivity index (χ3n) is 0.573. The molecule has 50 valence electrons. The quantitative estimate of drug-likeness (QED) is 0.440. The molecule has 0 fully saturated rings. The summed E-state index contributed by atoms with van der Waals surface area (Å²) in [5, 5.41) is 0. The van der Waals surface area contributed by atoms with Gasteiger partial charge in [0.25, 0.3) is 0 Å². The monoisotopic (exact) mass is 135 g/mol. The summed E-state index contributed by atoms with van der Waals surface area (Å²) < 4.78 is 5.12. The standard InChI is InChI=1S/C5H13NOS/c1-5(2,8)7-4-3-6/h8H,3-4,6H2,1-2H3. The van der Waals surface area contributed by atoms with E-state index in [9.17, 15) is 0 Å². The lowest BCUT2D eigenvalue weighted by molar-refractivity contribution is 0.0599. The van der Waals surface area contributed by atoms with Gasteiger partial charge < -0.3 is 10.5 Å². The average Bonchev–Trinajstić information content (AvgIpc) is 1.59. The van der Waals surface area contributed by atoms with Gasteiger partial charge in [-0.3, -0.25) is 0 Å². The van der Waals surface area contributed by atoms with Crippen molar-refractivity contribution >= 4 is 12.6 Å². The molecule has 0 bridgehead atoms. The molecule has 2 N–H and O–H groups in total. The average molecular weight is 135 g/mol. The molecule has 0 aliphatic carbocycles. The van der Waals surface area contributed by atoms with Crippen molar-refractivity contribution in [1.82, 2.24) is 0 Å². The molecule has 8 heavy (non-hydrogen) atoms. The molecule has 2 nitrogen and oxygen atoms in total. The summed E-state index contributed by atoms with van der Waals surface area (Å²) in [5.74, 6) is 0. The Bertz CT molecular complexity index is 59.9. The van der Waals surface area contributed by atoms with Crippen molar-refractivity contribution < 1.29 is 4.74 Å². The highest BCUT2D eigenvalue weighted by molar-refractivity contribution is 7.81. The van der Waals surface area contributed by atoms with E-state index in [0.29, 0.717) is 13.2 Å². The van der Waals surface area contributed by atoms with Crippen LogP contribution < -0.4 is 5.73 Å². The fraction of sp³-hybridized carbons (Fsp3) is 1.00. The Balaban J connectivity index is 3.11. The third-order valence-corrected chi connectivity index (χ3v) is 0.702. The van der Waals surface area contributed by atoms with E-state index in [1.165, 1.54) is 0 Å². The van der Waals surface area contributed by atoms with Crippen LogP contribution in [0.15, 0.2) is 0 Å². The van der Waals surface area contributed by atoms with Gasteiger partial charge in [-0.25, -0.2) is 0 Å². The Hall–Kier alpha value is 0.270. The van der Waals surface area contributed by atoms with Crippen molar-refractivity contribution in [3.8, 4) is 0 Å². The lowest BCUT2D eigenvalue weighted by Gasteiger charge is -2.17. The van der Waals surface area contributed by atoms with Crippen LogP contribution in [0.4, 0.5) is 0 Å². The summed E-state index contributed by atoms with van der Waals surface area (Å²) >= 11 is 4.11. The largest absolute Gasteiger partial charge is 0.364 e. The summed E-state index contributed by atoms with van der Waals surface area (Å²) in [4.78, 5) is -0.334. The van der Waals surface area contributed by atoms with Gasteiger partial charge in [0.05, 0.1) is 6.61 Å². The van der Waals surface area contributed by atoms with Crippen LogP contribution in [0.5, 0.6) is 0 Å². The number of nitrogens with two attached hydrogens (primary N) is 1. The first kappa shape index (κ1) is 8.27. The molecule has 0 heterocycles. The van der Waals surface area contributed by atoms with Crippen molar-refractivity contribution in [3.05, 3.63) is 0 Å². The van der Waals surface area contributed by atoms with E-state index >= 15 is 0 Å². The maximum Gasteiger partial charge on any atom is 0.105 e. The molecule has 0 saturated heterocycles. The van der Waals surface area contributed by atoms with Crippen LogP contribution >= 0.6 is 12.6 Å².